The number of hydrogen-bond donors (Lipinski definition) is 1. The van der Waals surface area contributed by atoms with Crippen molar-refractivity contribution in [1.29, 1.82) is 0 Å². The molecule has 1 aliphatic rings. The molecule has 0 saturated heterocycles. The van der Waals surface area contributed by atoms with Gasteiger partial charge in [-0.3, -0.25) is 4.79 Å². The molecule has 0 radical (unpaired) electrons. The summed E-state index contributed by atoms with van der Waals surface area (Å²) in [6.45, 7) is 0. The summed E-state index contributed by atoms with van der Waals surface area (Å²) in [6.07, 6.45) is 2.67. The standard InChI is InChI=1S/C19H16ClN3O/c20-17-9-5-4-8-14(17)15-12-16(15)19(24)21-18-10-11-23(22-18)13-6-2-1-3-7-13/h1-11,15-16H,12H2,(H,21,22,24). The van der Waals surface area contributed by atoms with Crippen molar-refractivity contribution in [3.63, 3.8) is 0 Å². The number of para-hydroxylation sites is 1. The fourth-order valence-electron chi connectivity index (χ4n) is 2.94. The van der Waals surface area contributed by atoms with Crippen molar-refractivity contribution in [1.82, 2.24) is 9.78 Å². The number of amides is 1. The second kappa shape index (κ2) is 6.13. The molecule has 1 N–H and O–H groups in total. The van der Waals surface area contributed by atoms with Crippen molar-refractivity contribution >= 4 is 23.3 Å². The molecule has 1 aromatic heterocycles. The highest BCUT2D eigenvalue weighted by atomic mass is 35.5. The van der Waals surface area contributed by atoms with E-state index in [4.69, 9.17) is 11.6 Å². The van der Waals surface area contributed by atoms with E-state index >= 15 is 0 Å². The first-order chi connectivity index (χ1) is 11.7. The lowest BCUT2D eigenvalue weighted by atomic mass is 10.1. The third-order valence-electron chi connectivity index (χ3n) is 4.29. The molecule has 2 atom stereocenters. The lowest BCUT2D eigenvalue weighted by molar-refractivity contribution is -0.117. The van der Waals surface area contributed by atoms with Gasteiger partial charge < -0.3 is 5.32 Å². The van der Waals surface area contributed by atoms with Gasteiger partial charge in [0.15, 0.2) is 5.82 Å². The van der Waals surface area contributed by atoms with Crippen molar-refractivity contribution < 1.29 is 4.79 Å². The predicted octanol–water partition coefficient (Wildman–Crippen LogP) is 4.27. The number of hydrogen-bond acceptors (Lipinski definition) is 2. The molecular formula is C19H16ClN3O. The Balaban J connectivity index is 1.43. The molecule has 120 valence electrons. The third kappa shape index (κ3) is 2.93. The Kier molecular flexibility index (Phi) is 3.82. The molecule has 0 aliphatic heterocycles. The summed E-state index contributed by atoms with van der Waals surface area (Å²) in [5.41, 5.74) is 2.01. The summed E-state index contributed by atoms with van der Waals surface area (Å²) in [5, 5.41) is 8.03. The monoisotopic (exact) mass is 337 g/mol. The molecule has 0 spiro atoms. The summed E-state index contributed by atoms with van der Waals surface area (Å²) < 4.78 is 1.74. The van der Waals surface area contributed by atoms with Crippen molar-refractivity contribution in [2.45, 2.75) is 12.3 Å². The molecule has 2 unspecified atom stereocenters. The maximum atomic E-state index is 12.4. The van der Waals surface area contributed by atoms with Gasteiger partial charge in [-0.05, 0) is 36.1 Å². The van der Waals surface area contributed by atoms with Crippen LogP contribution in [0, 0.1) is 5.92 Å². The quantitative estimate of drug-likeness (QED) is 0.773. The second-order valence-electron chi connectivity index (χ2n) is 5.94. The molecule has 4 rings (SSSR count). The lowest BCUT2D eigenvalue weighted by Gasteiger charge is -2.04. The molecule has 0 bridgehead atoms. The number of carbonyl (C=O) groups is 1. The van der Waals surface area contributed by atoms with Crippen molar-refractivity contribution in [2.24, 2.45) is 5.92 Å². The molecule has 3 aromatic rings. The molecule has 1 saturated carbocycles. The van der Waals surface area contributed by atoms with Crippen LogP contribution in [0.4, 0.5) is 5.82 Å². The summed E-state index contributed by atoms with van der Waals surface area (Å²) in [6, 6.07) is 19.3. The normalized spacial score (nSPS) is 19.0. The molecule has 2 aromatic carbocycles. The van der Waals surface area contributed by atoms with Crippen LogP contribution in [0.2, 0.25) is 5.02 Å². The smallest absolute Gasteiger partial charge is 0.229 e. The number of nitrogens with zero attached hydrogens (tertiary/aromatic N) is 2. The van der Waals surface area contributed by atoms with E-state index in [0.29, 0.717) is 5.82 Å². The number of anilines is 1. The minimum Gasteiger partial charge on any atom is -0.309 e. The number of carbonyl (C=O) groups excluding carboxylic acids is 1. The fraction of sp³-hybridized carbons (Fsp3) is 0.158. The van der Waals surface area contributed by atoms with Crippen LogP contribution in [-0.2, 0) is 4.79 Å². The Hall–Kier alpha value is -2.59. The highest BCUT2D eigenvalue weighted by Crippen LogP contribution is 2.49. The van der Waals surface area contributed by atoms with Gasteiger partial charge in [-0.15, -0.1) is 0 Å². The highest BCUT2D eigenvalue weighted by Gasteiger charge is 2.44. The van der Waals surface area contributed by atoms with Crippen LogP contribution in [0.3, 0.4) is 0 Å². The Morgan fingerprint density at radius 1 is 1.08 bits per heavy atom. The van der Waals surface area contributed by atoms with Crippen LogP contribution in [-0.4, -0.2) is 15.7 Å². The molecule has 24 heavy (non-hydrogen) atoms. The Bertz CT molecular complexity index is 875. The van der Waals surface area contributed by atoms with Gasteiger partial charge in [-0.25, -0.2) is 4.68 Å². The van der Waals surface area contributed by atoms with Crippen LogP contribution in [0.15, 0.2) is 66.9 Å². The Morgan fingerprint density at radius 3 is 2.62 bits per heavy atom. The van der Waals surface area contributed by atoms with E-state index < -0.39 is 0 Å². The molecule has 5 heteroatoms. The summed E-state index contributed by atoms with van der Waals surface area (Å²) in [7, 11) is 0. The third-order valence-corrected chi connectivity index (χ3v) is 4.64. The van der Waals surface area contributed by atoms with E-state index in [1.165, 1.54) is 0 Å². The van der Waals surface area contributed by atoms with Gasteiger partial charge in [0.25, 0.3) is 0 Å². The van der Waals surface area contributed by atoms with Gasteiger partial charge >= 0.3 is 0 Å². The average Bonchev–Trinajstić information content (AvgIpc) is 3.27. The van der Waals surface area contributed by atoms with Crippen LogP contribution in [0.1, 0.15) is 17.9 Å². The number of halogens is 1. The lowest BCUT2D eigenvalue weighted by Crippen LogP contribution is -2.15. The van der Waals surface area contributed by atoms with Crippen LogP contribution in [0.25, 0.3) is 5.69 Å². The van der Waals surface area contributed by atoms with Crippen molar-refractivity contribution in [2.75, 3.05) is 5.32 Å². The number of rotatable bonds is 4. The number of benzene rings is 2. The molecule has 1 heterocycles. The Morgan fingerprint density at radius 2 is 1.83 bits per heavy atom. The zero-order chi connectivity index (χ0) is 16.5. The van der Waals surface area contributed by atoms with Crippen molar-refractivity contribution in [3.8, 4) is 5.69 Å². The summed E-state index contributed by atoms with van der Waals surface area (Å²) in [4.78, 5) is 12.4. The van der Waals surface area contributed by atoms with Gasteiger partial charge in [0.2, 0.25) is 5.91 Å². The molecule has 1 amide bonds. The predicted molar refractivity (Wildman–Crippen MR) is 94.5 cm³/mol. The average molecular weight is 338 g/mol. The first-order valence-electron chi connectivity index (χ1n) is 7.89. The zero-order valence-corrected chi connectivity index (χ0v) is 13.6. The maximum Gasteiger partial charge on any atom is 0.229 e. The Labute approximate surface area is 145 Å². The number of nitrogens with one attached hydrogen (secondary N) is 1. The highest BCUT2D eigenvalue weighted by molar-refractivity contribution is 6.31. The first kappa shape index (κ1) is 15.0. The molecular weight excluding hydrogens is 322 g/mol. The minimum atomic E-state index is -0.0354. The summed E-state index contributed by atoms with van der Waals surface area (Å²) in [5.74, 6) is 0.730. The SMILES string of the molecule is O=C(Nc1ccn(-c2ccccc2)n1)C1CC1c1ccccc1Cl. The van der Waals surface area contributed by atoms with Crippen molar-refractivity contribution in [3.05, 3.63) is 77.4 Å². The van der Waals surface area contributed by atoms with Crippen LogP contribution in [0.5, 0.6) is 0 Å². The topological polar surface area (TPSA) is 46.9 Å². The van der Waals surface area contributed by atoms with Gasteiger partial charge in [0.05, 0.1) is 5.69 Å². The van der Waals surface area contributed by atoms with E-state index in [1.807, 2.05) is 60.8 Å². The van der Waals surface area contributed by atoms with Gasteiger partial charge in [-0.1, -0.05) is 48.0 Å². The van der Waals surface area contributed by atoms with E-state index in [9.17, 15) is 4.79 Å². The van der Waals surface area contributed by atoms with Crippen LogP contribution >= 0.6 is 11.6 Å². The van der Waals surface area contributed by atoms with Crippen LogP contribution < -0.4 is 5.32 Å². The zero-order valence-electron chi connectivity index (χ0n) is 12.9. The van der Waals surface area contributed by atoms with Gasteiger partial charge in [-0.2, -0.15) is 5.10 Å². The fourth-order valence-corrected chi connectivity index (χ4v) is 3.21. The first-order valence-corrected chi connectivity index (χ1v) is 8.26. The largest absolute Gasteiger partial charge is 0.309 e. The van der Waals surface area contributed by atoms with E-state index in [1.54, 1.807) is 10.7 Å². The van der Waals surface area contributed by atoms with Gasteiger partial charge in [0, 0.05) is 23.2 Å². The van der Waals surface area contributed by atoms with E-state index in [-0.39, 0.29) is 17.7 Å². The maximum absolute atomic E-state index is 12.4. The number of aromatic nitrogens is 2. The molecule has 1 fully saturated rings. The van der Waals surface area contributed by atoms with E-state index in [2.05, 4.69) is 10.4 Å². The van der Waals surface area contributed by atoms with Gasteiger partial charge in [0.1, 0.15) is 0 Å². The summed E-state index contributed by atoms with van der Waals surface area (Å²) >= 11 is 6.21. The van der Waals surface area contributed by atoms with E-state index in [0.717, 1.165) is 22.7 Å². The molecule has 1 aliphatic carbocycles. The minimum absolute atomic E-state index is 0.00164. The second-order valence-corrected chi connectivity index (χ2v) is 6.35. The molecule has 4 nitrogen and oxygen atoms in total.